The molecule has 2 aromatic heterocycles. The minimum Gasteiger partial charge on any atom is -0.490 e. The number of piperidine rings is 1. The predicted molar refractivity (Wildman–Crippen MR) is 185 cm³/mol. The van der Waals surface area contributed by atoms with Crippen molar-refractivity contribution in [3.8, 4) is 28.1 Å². The van der Waals surface area contributed by atoms with Crippen LogP contribution in [0.1, 0.15) is 84.1 Å². The Morgan fingerprint density at radius 3 is 2.62 bits per heavy atom. The Bertz CT molecular complexity index is 1830. The molecule has 0 radical (unpaired) electrons. The average Bonchev–Trinajstić information content (AvgIpc) is 3.43. The fourth-order valence-electron chi connectivity index (χ4n) is 6.66. The number of hydrogen-bond donors (Lipinski definition) is 1. The predicted octanol–water partition coefficient (Wildman–Crippen LogP) is 8.43. The zero-order chi connectivity index (χ0) is 34.4. The first-order valence-electron chi connectivity index (χ1n) is 16.7. The zero-order valence-corrected chi connectivity index (χ0v) is 29.2. The summed E-state index contributed by atoms with van der Waals surface area (Å²) < 4.78 is 36.3. The van der Waals surface area contributed by atoms with E-state index in [0.717, 1.165) is 32.1 Å². The van der Waals surface area contributed by atoms with E-state index < -0.39 is 23.5 Å². The molecule has 5 heterocycles. The van der Waals surface area contributed by atoms with Crippen LogP contribution in [0.2, 0.25) is 5.02 Å². The van der Waals surface area contributed by atoms with Gasteiger partial charge in [0.15, 0.2) is 11.8 Å². The first kappa shape index (κ1) is 34.1. The molecule has 256 valence electrons. The number of fused-ring (bicyclic) bond motifs is 8. The van der Waals surface area contributed by atoms with E-state index in [4.69, 9.17) is 35.9 Å². The lowest BCUT2D eigenvalue weighted by molar-refractivity contribution is -0.160. The summed E-state index contributed by atoms with van der Waals surface area (Å²) in [5, 5.41) is 15.8. The van der Waals surface area contributed by atoms with Gasteiger partial charge in [0.2, 0.25) is 0 Å². The molecular weight excluding hydrogens is 635 g/mol. The van der Waals surface area contributed by atoms with Crippen molar-refractivity contribution in [3.63, 3.8) is 0 Å². The molecule has 0 spiro atoms. The van der Waals surface area contributed by atoms with Gasteiger partial charge in [-0.1, -0.05) is 17.7 Å². The zero-order valence-electron chi connectivity index (χ0n) is 28.5. The summed E-state index contributed by atoms with van der Waals surface area (Å²) in [6.07, 6.45) is 2.69. The lowest BCUT2D eigenvalue weighted by Crippen LogP contribution is -2.46. The van der Waals surface area contributed by atoms with Crippen LogP contribution < -0.4 is 9.64 Å². The summed E-state index contributed by atoms with van der Waals surface area (Å²) in [5.41, 5.74) is 2.45. The molecule has 0 amide bonds. The van der Waals surface area contributed by atoms with Crippen LogP contribution in [0.3, 0.4) is 0 Å². The van der Waals surface area contributed by atoms with Crippen LogP contribution in [-0.2, 0) is 14.3 Å². The number of aliphatic carboxylic acids is 1. The maximum Gasteiger partial charge on any atom is 0.337 e. The highest BCUT2D eigenvalue weighted by Gasteiger charge is 2.38. The minimum absolute atomic E-state index is 0.116. The molecular formula is C37H44ClFN4O5. The van der Waals surface area contributed by atoms with Crippen LogP contribution in [-0.4, -0.2) is 62.7 Å². The normalized spacial score (nSPS) is 21.2. The Morgan fingerprint density at radius 2 is 1.92 bits per heavy atom. The number of carboxylic acid groups (broad SMARTS) is 1. The van der Waals surface area contributed by atoms with Gasteiger partial charge in [-0.05, 0) is 104 Å². The van der Waals surface area contributed by atoms with E-state index in [1.54, 1.807) is 28.8 Å². The number of hydrogen-bond acceptors (Lipinski definition) is 7. The third-order valence-corrected chi connectivity index (χ3v) is 9.49. The molecule has 1 saturated heterocycles. The lowest BCUT2D eigenvalue weighted by Gasteiger charge is -2.41. The van der Waals surface area contributed by atoms with Crippen molar-refractivity contribution in [2.24, 2.45) is 0 Å². The quantitative estimate of drug-likeness (QED) is 0.231. The van der Waals surface area contributed by atoms with E-state index in [9.17, 15) is 9.90 Å². The standard InChI is InChI=1S/C37H44ClFN4O5/c1-22-10-7-8-19-46-37(6)15-17-42(18-16-37)34-31(33(35(44)45)48-36(3,4)5)23(2)40-30-21-28(41-43(30)34)24-13-14-27(39)25(20-24)32-26(38)11-9-12-29(32)47-22/h9,11-14,20-22,33H,7-8,10,15-19H2,1-6H3,(H,44,45). The van der Waals surface area contributed by atoms with Gasteiger partial charge < -0.3 is 24.2 Å². The number of carbonyl (C=O) groups is 1. The Morgan fingerprint density at radius 1 is 1.17 bits per heavy atom. The fraction of sp³-hybridized carbons (Fsp3) is 0.486. The number of rotatable bonds is 3. The Hall–Kier alpha value is -3.73. The molecule has 3 aliphatic heterocycles. The van der Waals surface area contributed by atoms with Crippen LogP contribution in [0.4, 0.5) is 10.2 Å². The summed E-state index contributed by atoms with van der Waals surface area (Å²) in [6.45, 7) is 13.3. The number of benzene rings is 2. The number of halogens is 2. The topological polar surface area (TPSA) is 98.4 Å². The van der Waals surface area contributed by atoms with Crippen LogP contribution >= 0.6 is 11.6 Å². The van der Waals surface area contributed by atoms with Crippen molar-refractivity contribution >= 4 is 29.0 Å². The molecule has 2 aromatic carbocycles. The van der Waals surface area contributed by atoms with Crippen molar-refractivity contribution < 1.29 is 28.5 Å². The smallest absolute Gasteiger partial charge is 0.337 e. The third-order valence-electron chi connectivity index (χ3n) is 9.17. The van der Waals surface area contributed by atoms with Gasteiger partial charge in [0.25, 0.3) is 0 Å². The van der Waals surface area contributed by atoms with E-state index >= 15 is 4.39 Å². The molecule has 2 unspecified atom stereocenters. The number of carboxylic acids is 1. The first-order chi connectivity index (χ1) is 22.7. The summed E-state index contributed by atoms with van der Waals surface area (Å²) >= 11 is 6.72. The van der Waals surface area contributed by atoms with Gasteiger partial charge in [-0.25, -0.2) is 14.2 Å². The maximum absolute atomic E-state index is 15.6. The van der Waals surface area contributed by atoms with E-state index in [1.165, 1.54) is 6.07 Å². The molecule has 7 rings (SSSR count). The van der Waals surface area contributed by atoms with E-state index in [2.05, 4.69) is 11.8 Å². The van der Waals surface area contributed by atoms with Crippen molar-refractivity contribution in [2.45, 2.75) is 97.1 Å². The molecule has 48 heavy (non-hydrogen) atoms. The largest absolute Gasteiger partial charge is 0.490 e. The molecule has 6 bridgehead atoms. The number of nitrogens with zero attached hydrogens (tertiary/aromatic N) is 4. The number of ether oxygens (including phenoxy) is 3. The molecule has 1 N–H and O–H groups in total. The van der Waals surface area contributed by atoms with Gasteiger partial charge in [0.1, 0.15) is 17.4 Å². The second-order valence-electron chi connectivity index (χ2n) is 14.2. The average molecular weight is 679 g/mol. The SMILES string of the molecule is Cc1nc2cc3nn2c(c1C(OC(C)(C)C)C(=O)O)N1CCC(C)(CC1)OCCCCC(C)Oc1cccc(Cl)c1-c1cc-3ccc1F. The minimum atomic E-state index is -1.28. The number of anilines is 1. The summed E-state index contributed by atoms with van der Waals surface area (Å²) in [5.74, 6) is -0.420. The summed E-state index contributed by atoms with van der Waals surface area (Å²) in [7, 11) is 0. The van der Waals surface area contributed by atoms with Gasteiger partial charge in [-0.2, -0.15) is 9.61 Å². The maximum atomic E-state index is 15.6. The molecule has 2 atom stereocenters. The van der Waals surface area contributed by atoms with Gasteiger partial charge >= 0.3 is 5.97 Å². The molecule has 0 saturated carbocycles. The van der Waals surface area contributed by atoms with Gasteiger partial charge in [0.05, 0.1) is 33.6 Å². The molecule has 3 aliphatic rings. The van der Waals surface area contributed by atoms with Gasteiger partial charge in [-0.15, -0.1) is 0 Å². The number of aromatic nitrogens is 3. The second-order valence-corrected chi connectivity index (χ2v) is 14.6. The van der Waals surface area contributed by atoms with Crippen LogP contribution in [0.25, 0.3) is 28.0 Å². The molecule has 9 nitrogen and oxygen atoms in total. The third kappa shape index (κ3) is 7.02. The van der Waals surface area contributed by atoms with E-state index in [1.807, 2.05) is 46.8 Å². The Labute approximate surface area is 286 Å². The second kappa shape index (κ2) is 13.3. The van der Waals surface area contributed by atoms with Crippen molar-refractivity contribution in [3.05, 3.63) is 64.6 Å². The van der Waals surface area contributed by atoms with Crippen LogP contribution in [0.15, 0.2) is 42.5 Å². The van der Waals surface area contributed by atoms with Gasteiger partial charge in [0, 0.05) is 48.1 Å². The molecule has 11 heteroatoms. The fourth-order valence-corrected chi connectivity index (χ4v) is 6.93. The van der Waals surface area contributed by atoms with Crippen LogP contribution in [0.5, 0.6) is 5.75 Å². The van der Waals surface area contributed by atoms with Crippen molar-refractivity contribution in [1.29, 1.82) is 0 Å². The summed E-state index contributed by atoms with van der Waals surface area (Å²) in [6, 6.07) is 12.0. The first-order valence-corrected chi connectivity index (χ1v) is 17.1. The molecule has 0 aliphatic carbocycles. The Kier molecular flexibility index (Phi) is 9.45. The molecule has 1 fully saturated rings. The van der Waals surface area contributed by atoms with E-state index in [0.29, 0.717) is 75.6 Å². The monoisotopic (exact) mass is 678 g/mol. The Balaban J connectivity index is 1.56. The summed E-state index contributed by atoms with van der Waals surface area (Å²) in [4.78, 5) is 19.8. The highest BCUT2D eigenvalue weighted by molar-refractivity contribution is 6.33. The van der Waals surface area contributed by atoms with Crippen LogP contribution in [0, 0.1) is 12.7 Å². The number of aryl methyl sites for hydroxylation is 1. The van der Waals surface area contributed by atoms with Crippen molar-refractivity contribution in [1.82, 2.24) is 14.6 Å². The van der Waals surface area contributed by atoms with Gasteiger partial charge in [-0.3, -0.25) is 0 Å². The molecule has 4 aromatic rings. The highest BCUT2D eigenvalue weighted by Crippen LogP contribution is 2.42. The highest BCUT2D eigenvalue weighted by atomic mass is 35.5. The van der Waals surface area contributed by atoms with E-state index in [-0.39, 0.29) is 11.7 Å². The van der Waals surface area contributed by atoms with Crippen molar-refractivity contribution in [2.75, 3.05) is 24.6 Å². The lowest BCUT2D eigenvalue weighted by atomic mass is 9.92.